The summed E-state index contributed by atoms with van der Waals surface area (Å²) in [4.78, 5) is 11.6. The minimum Gasteiger partial charge on any atom is -0.493 e. The molecule has 1 aliphatic rings. The zero-order chi connectivity index (χ0) is 22.2. The monoisotopic (exact) mass is 428 g/mol. The van der Waals surface area contributed by atoms with Crippen molar-refractivity contribution in [2.24, 2.45) is 5.92 Å². The zero-order valence-corrected chi connectivity index (χ0v) is 16.3. The number of fused-ring (bicyclic) bond motifs is 1. The minimum atomic E-state index is -4.61. The number of halogens is 3. The second kappa shape index (κ2) is 8.07. The van der Waals surface area contributed by atoms with Crippen LogP contribution in [0.25, 0.3) is 11.1 Å². The maximum atomic E-state index is 13.2. The van der Waals surface area contributed by atoms with Gasteiger partial charge in [-0.3, -0.25) is 0 Å². The molecule has 0 fully saturated rings. The van der Waals surface area contributed by atoms with E-state index in [0.29, 0.717) is 24.3 Å². The highest BCUT2D eigenvalue weighted by molar-refractivity contribution is 5.96. The van der Waals surface area contributed by atoms with Crippen LogP contribution in [0.1, 0.15) is 33.2 Å². The molecule has 0 aromatic heterocycles. The van der Waals surface area contributed by atoms with Crippen LogP contribution in [0.2, 0.25) is 0 Å². The van der Waals surface area contributed by atoms with Gasteiger partial charge in [0.2, 0.25) is 0 Å². The van der Waals surface area contributed by atoms with E-state index in [1.165, 1.54) is 12.1 Å². The molecule has 160 valence electrons. The maximum Gasteiger partial charge on any atom is 0.416 e. The van der Waals surface area contributed by atoms with Gasteiger partial charge in [0.05, 0.1) is 23.8 Å². The summed E-state index contributed by atoms with van der Waals surface area (Å²) < 4.78 is 45.4. The fraction of sp³-hybridized carbons (Fsp3) is 0.208. The topological polar surface area (TPSA) is 66.8 Å². The number of aliphatic hydroxyl groups excluding tert-OH is 1. The van der Waals surface area contributed by atoms with Crippen LogP contribution >= 0.6 is 0 Å². The summed E-state index contributed by atoms with van der Waals surface area (Å²) in [6.45, 7) is 0.298. The van der Waals surface area contributed by atoms with E-state index in [-0.39, 0.29) is 22.6 Å². The number of rotatable bonds is 4. The Morgan fingerprint density at radius 3 is 2.45 bits per heavy atom. The van der Waals surface area contributed by atoms with Crippen LogP contribution in [0.4, 0.5) is 13.2 Å². The van der Waals surface area contributed by atoms with Crippen molar-refractivity contribution in [3.8, 4) is 16.9 Å². The molecular formula is C24H19F3O4. The predicted octanol–water partition coefficient (Wildman–Crippen LogP) is 5.36. The number of benzene rings is 3. The highest BCUT2D eigenvalue weighted by atomic mass is 19.4. The number of hydrogen-bond donors (Lipinski definition) is 2. The van der Waals surface area contributed by atoms with Crippen LogP contribution in [-0.4, -0.2) is 22.8 Å². The first-order valence-electron chi connectivity index (χ1n) is 9.67. The summed E-state index contributed by atoms with van der Waals surface area (Å²) in [6, 6.07) is 16.7. The van der Waals surface area contributed by atoms with Crippen molar-refractivity contribution in [1.29, 1.82) is 0 Å². The highest BCUT2D eigenvalue weighted by Gasteiger charge is 2.33. The first kappa shape index (κ1) is 20.9. The number of ether oxygens (including phenoxy) is 1. The lowest BCUT2D eigenvalue weighted by molar-refractivity contribution is -0.137. The number of hydrogen-bond acceptors (Lipinski definition) is 3. The smallest absolute Gasteiger partial charge is 0.416 e. The van der Waals surface area contributed by atoms with Gasteiger partial charge in [-0.25, -0.2) is 4.79 Å². The van der Waals surface area contributed by atoms with Crippen molar-refractivity contribution in [1.82, 2.24) is 0 Å². The Hall–Kier alpha value is -3.32. The van der Waals surface area contributed by atoms with Gasteiger partial charge in [-0.1, -0.05) is 36.4 Å². The Kier molecular flexibility index (Phi) is 5.45. The molecule has 0 saturated heterocycles. The molecule has 0 aliphatic carbocycles. The number of aromatic carboxylic acids is 1. The number of aliphatic hydroxyl groups is 1. The molecule has 0 amide bonds. The van der Waals surface area contributed by atoms with E-state index >= 15 is 0 Å². The first-order chi connectivity index (χ1) is 14.7. The molecule has 2 atom stereocenters. The molecule has 2 unspecified atom stereocenters. The van der Waals surface area contributed by atoms with Gasteiger partial charge in [-0.2, -0.15) is 13.2 Å². The number of carbonyl (C=O) groups is 1. The molecule has 4 nitrogen and oxygen atoms in total. The average molecular weight is 428 g/mol. The lowest BCUT2D eigenvalue weighted by Gasteiger charge is -2.31. The van der Waals surface area contributed by atoms with E-state index in [2.05, 4.69) is 0 Å². The summed E-state index contributed by atoms with van der Waals surface area (Å²) in [5, 5.41) is 20.4. The van der Waals surface area contributed by atoms with Crippen LogP contribution in [0.15, 0.2) is 66.7 Å². The Labute approximate surface area is 176 Å². The SMILES string of the molecule is O=C(O)c1ccc(C(F)(F)F)cc1-c1ccc2c(c1)C(O)C(Cc1ccccc1)CO2. The summed E-state index contributed by atoms with van der Waals surface area (Å²) in [5.74, 6) is -1.14. The van der Waals surface area contributed by atoms with Crippen LogP contribution in [0, 0.1) is 5.92 Å². The molecule has 3 aromatic carbocycles. The molecule has 3 aromatic rings. The van der Waals surface area contributed by atoms with Crippen molar-refractivity contribution in [3.05, 3.63) is 89.0 Å². The number of carboxylic acid groups (broad SMARTS) is 1. The Morgan fingerprint density at radius 2 is 1.77 bits per heavy atom. The second-order valence-corrected chi connectivity index (χ2v) is 7.52. The quantitative estimate of drug-likeness (QED) is 0.588. The maximum absolute atomic E-state index is 13.2. The normalized spacial score (nSPS) is 18.2. The zero-order valence-electron chi connectivity index (χ0n) is 16.3. The largest absolute Gasteiger partial charge is 0.493 e. The first-order valence-corrected chi connectivity index (χ1v) is 9.67. The molecule has 7 heteroatoms. The number of alkyl halides is 3. The molecule has 4 rings (SSSR count). The third-order valence-electron chi connectivity index (χ3n) is 5.46. The van der Waals surface area contributed by atoms with E-state index in [4.69, 9.17) is 4.74 Å². The Bertz CT molecular complexity index is 1110. The highest BCUT2D eigenvalue weighted by Crippen LogP contribution is 2.41. The van der Waals surface area contributed by atoms with Crippen molar-refractivity contribution in [2.45, 2.75) is 18.7 Å². The predicted molar refractivity (Wildman–Crippen MR) is 108 cm³/mol. The van der Waals surface area contributed by atoms with E-state index in [1.54, 1.807) is 6.07 Å². The van der Waals surface area contributed by atoms with Gasteiger partial charge in [-0.05, 0) is 53.4 Å². The van der Waals surface area contributed by atoms with E-state index in [0.717, 1.165) is 23.8 Å². The average Bonchev–Trinajstić information content (AvgIpc) is 2.75. The van der Waals surface area contributed by atoms with Gasteiger partial charge < -0.3 is 14.9 Å². The third-order valence-corrected chi connectivity index (χ3v) is 5.46. The summed E-state index contributed by atoms with van der Waals surface area (Å²) in [7, 11) is 0. The molecule has 2 N–H and O–H groups in total. The summed E-state index contributed by atoms with van der Waals surface area (Å²) in [6.07, 6.45) is -4.94. The standard InChI is InChI=1S/C24H19F3O4/c25-24(26,27)17-7-8-18(23(29)30)19(12-17)15-6-9-21-20(11-15)22(28)16(13-31-21)10-14-4-2-1-3-5-14/h1-9,11-12,16,22,28H,10,13H2,(H,29,30). The van der Waals surface area contributed by atoms with Crippen molar-refractivity contribution >= 4 is 5.97 Å². The fourth-order valence-corrected chi connectivity index (χ4v) is 3.85. The van der Waals surface area contributed by atoms with Gasteiger partial charge in [0.15, 0.2) is 0 Å². The Balaban J connectivity index is 1.73. The lowest BCUT2D eigenvalue weighted by atomic mass is 9.86. The summed E-state index contributed by atoms with van der Waals surface area (Å²) >= 11 is 0. The van der Waals surface area contributed by atoms with Crippen LogP contribution in [-0.2, 0) is 12.6 Å². The molecule has 31 heavy (non-hydrogen) atoms. The number of carboxylic acids is 1. The minimum absolute atomic E-state index is 0.0671. The van der Waals surface area contributed by atoms with Crippen molar-refractivity contribution in [2.75, 3.05) is 6.61 Å². The Morgan fingerprint density at radius 1 is 1.03 bits per heavy atom. The van der Waals surface area contributed by atoms with Gasteiger partial charge in [-0.15, -0.1) is 0 Å². The molecule has 1 aliphatic heterocycles. The molecule has 0 bridgehead atoms. The molecule has 0 spiro atoms. The second-order valence-electron chi connectivity index (χ2n) is 7.52. The van der Waals surface area contributed by atoms with Crippen molar-refractivity contribution < 1.29 is 32.9 Å². The van der Waals surface area contributed by atoms with E-state index in [1.807, 2.05) is 30.3 Å². The van der Waals surface area contributed by atoms with Crippen LogP contribution < -0.4 is 4.74 Å². The fourth-order valence-electron chi connectivity index (χ4n) is 3.85. The van der Waals surface area contributed by atoms with Gasteiger partial charge in [0.25, 0.3) is 0 Å². The van der Waals surface area contributed by atoms with Crippen LogP contribution in [0.3, 0.4) is 0 Å². The molecule has 0 radical (unpaired) electrons. The van der Waals surface area contributed by atoms with E-state index < -0.39 is 23.8 Å². The van der Waals surface area contributed by atoms with Crippen molar-refractivity contribution in [3.63, 3.8) is 0 Å². The van der Waals surface area contributed by atoms with Gasteiger partial charge >= 0.3 is 12.1 Å². The lowest BCUT2D eigenvalue weighted by Crippen LogP contribution is -2.27. The molecule has 1 heterocycles. The van der Waals surface area contributed by atoms with Gasteiger partial charge in [0, 0.05) is 11.5 Å². The molecule has 0 saturated carbocycles. The molecular weight excluding hydrogens is 409 g/mol. The third kappa shape index (κ3) is 4.27. The van der Waals surface area contributed by atoms with E-state index in [9.17, 15) is 28.2 Å². The van der Waals surface area contributed by atoms with Gasteiger partial charge in [0.1, 0.15) is 5.75 Å². The summed E-state index contributed by atoms with van der Waals surface area (Å²) in [5.41, 5.74) is 0.468. The van der Waals surface area contributed by atoms with Crippen LogP contribution in [0.5, 0.6) is 5.75 Å².